The molecule has 0 atom stereocenters. The van der Waals surface area contributed by atoms with E-state index in [-0.39, 0.29) is 6.61 Å². The Balaban J connectivity index is 3.76. The Labute approximate surface area is 48.3 Å². The Bertz CT molecular complexity index is 190. The van der Waals surface area contributed by atoms with E-state index >= 15 is 0 Å². The minimum atomic E-state index is -5.01. The zero-order valence-corrected chi connectivity index (χ0v) is 5.18. The predicted octanol–water partition coefficient (Wildman–Crippen LogP) is 0.294. The molecule has 0 saturated heterocycles. The third kappa shape index (κ3) is 5.62. The van der Waals surface area contributed by atoms with Gasteiger partial charge in [0.2, 0.25) is 0 Å². The number of rotatable bonds is 3. The molecule has 0 aromatic rings. The number of hydrogen-bond donors (Lipinski definition) is 0. The average molecular weight is 160 g/mol. The van der Waals surface area contributed by atoms with Crippen LogP contribution in [0.3, 0.4) is 0 Å². The zero-order valence-electron chi connectivity index (χ0n) is 4.00. The van der Waals surface area contributed by atoms with Gasteiger partial charge in [0.25, 0.3) is 0 Å². The summed E-state index contributed by atoms with van der Waals surface area (Å²) in [6, 6.07) is 0. The van der Waals surface area contributed by atoms with Gasteiger partial charge < -0.3 is 0 Å². The van der Waals surface area contributed by atoms with Crippen molar-refractivity contribution < 1.29 is 28.3 Å². The van der Waals surface area contributed by atoms with E-state index in [0.717, 1.165) is 0 Å². The van der Waals surface area contributed by atoms with Crippen molar-refractivity contribution in [3.05, 3.63) is 12.7 Å². The fourth-order valence-electron chi connectivity index (χ4n) is 0.122. The molecule has 0 aliphatic rings. The Morgan fingerprint density at radius 2 is 2.00 bits per heavy atom. The van der Waals surface area contributed by atoms with Crippen LogP contribution in [0.25, 0.3) is 0 Å². The Hall–Kier alpha value is -0.381. The van der Waals surface area contributed by atoms with Gasteiger partial charge in [-0.1, -0.05) is 0 Å². The van der Waals surface area contributed by atoms with Crippen molar-refractivity contribution >= 4 is 0 Å². The Kier molecular flexibility index (Phi) is 2.68. The molecular formula is C3H5MnO4. The first-order valence-electron chi connectivity index (χ1n) is 1.72. The molecule has 8 heavy (non-hydrogen) atoms. The van der Waals surface area contributed by atoms with Gasteiger partial charge in [-0.2, -0.15) is 0 Å². The molecule has 0 fully saturated rings. The van der Waals surface area contributed by atoms with Crippen LogP contribution in [-0.4, -0.2) is 6.61 Å². The topological polar surface area (TPSA) is 60.4 Å². The molecule has 0 rings (SSSR count). The van der Waals surface area contributed by atoms with Crippen molar-refractivity contribution in [1.82, 2.24) is 0 Å². The van der Waals surface area contributed by atoms with Gasteiger partial charge in [0.15, 0.2) is 0 Å². The van der Waals surface area contributed by atoms with E-state index in [4.69, 9.17) is 0 Å². The van der Waals surface area contributed by atoms with Crippen molar-refractivity contribution in [2.24, 2.45) is 0 Å². The van der Waals surface area contributed by atoms with Crippen LogP contribution in [0.1, 0.15) is 0 Å². The predicted molar refractivity (Wildman–Crippen MR) is 18.2 cm³/mol. The second-order valence-electron chi connectivity index (χ2n) is 0.942. The molecule has 0 aromatic carbocycles. The molecule has 0 amide bonds. The summed E-state index contributed by atoms with van der Waals surface area (Å²) < 4.78 is 32.6. The molecule has 0 heterocycles. The summed E-state index contributed by atoms with van der Waals surface area (Å²) >= 11 is -5.01. The fourth-order valence-corrected chi connectivity index (χ4v) is 0.502. The molecule has 0 saturated carbocycles. The maximum atomic E-state index is 9.62. The SMILES string of the molecule is C=CC[O][Mn](=[O])(=[O])=[O]. The Morgan fingerprint density at radius 3 is 2.12 bits per heavy atom. The van der Waals surface area contributed by atoms with Crippen LogP contribution < -0.4 is 0 Å². The molecule has 0 N–H and O–H groups in total. The van der Waals surface area contributed by atoms with Crippen molar-refractivity contribution in [3.8, 4) is 0 Å². The van der Waals surface area contributed by atoms with Gasteiger partial charge in [0.05, 0.1) is 0 Å². The van der Waals surface area contributed by atoms with Crippen molar-refractivity contribution in [2.75, 3.05) is 6.61 Å². The maximum absolute atomic E-state index is 9.62. The molecule has 5 heteroatoms. The molecule has 4 nitrogen and oxygen atoms in total. The first kappa shape index (κ1) is 7.62. The standard InChI is InChI=1S/C3H5O.Mn.3O/c1-2-3-4;;;;/h2H,1,3H2;;;;/q-1;+1;;;. The molecule has 0 spiro atoms. The number of hydrogen-bond acceptors (Lipinski definition) is 4. The molecule has 0 aliphatic heterocycles. The quantitative estimate of drug-likeness (QED) is 0.439. The van der Waals surface area contributed by atoms with Gasteiger partial charge in [-0.3, -0.25) is 0 Å². The van der Waals surface area contributed by atoms with Crippen LogP contribution in [-0.2, 0) is 28.3 Å². The van der Waals surface area contributed by atoms with Crippen molar-refractivity contribution in [1.29, 1.82) is 0 Å². The van der Waals surface area contributed by atoms with Crippen LogP contribution in [0.2, 0.25) is 0 Å². The fraction of sp³-hybridized carbons (Fsp3) is 0.333. The Morgan fingerprint density at radius 1 is 1.50 bits per heavy atom. The summed E-state index contributed by atoms with van der Waals surface area (Å²) in [5, 5.41) is 0. The van der Waals surface area contributed by atoms with Crippen LogP contribution >= 0.6 is 0 Å². The van der Waals surface area contributed by atoms with E-state index in [2.05, 4.69) is 10.4 Å². The summed E-state index contributed by atoms with van der Waals surface area (Å²) in [5.74, 6) is 0. The molecule has 0 aromatic heterocycles. The van der Waals surface area contributed by atoms with Crippen LogP contribution in [0.4, 0.5) is 0 Å². The average Bonchev–Trinajstić information content (AvgIpc) is 1.59. The molecule has 0 bridgehead atoms. The normalized spacial score (nSPS) is 11.0. The van der Waals surface area contributed by atoms with Gasteiger partial charge in [0.1, 0.15) is 0 Å². The summed E-state index contributed by atoms with van der Waals surface area (Å²) in [6.07, 6.45) is 1.19. The van der Waals surface area contributed by atoms with E-state index in [1.807, 2.05) is 0 Å². The van der Waals surface area contributed by atoms with Gasteiger partial charge >= 0.3 is 47.6 Å². The summed E-state index contributed by atoms with van der Waals surface area (Å²) in [6.45, 7) is 2.91. The van der Waals surface area contributed by atoms with Crippen molar-refractivity contribution in [3.63, 3.8) is 0 Å². The van der Waals surface area contributed by atoms with Crippen LogP contribution in [0, 0.1) is 0 Å². The summed E-state index contributed by atoms with van der Waals surface area (Å²) in [4.78, 5) is 0. The minimum absolute atomic E-state index is 0.233. The monoisotopic (exact) mass is 160 g/mol. The van der Waals surface area contributed by atoms with E-state index < -0.39 is 13.0 Å². The second kappa shape index (κ2) is 2.81. The first-order chi connectivity index (χ1) is 3.56. The molecule has 0 unspecified atom stereocenters. The first-order valence-corrected chi connectivity index (χ1v) is 3.65. The summed E-state index contributed by atoms with van der Waals surface area (Å²) in [7, 11) is 0. The zero-order chi connectivity index (χ0) is 6.62. The third-order valence-corrected chi connectivity index (χ3v) is 0.929. The van der Waals surface area contributed by atoms with E-state index in [1.54, 1.807) is 0 Å². The van der Waals surface area contributed by atoms with Gasteiger partial charge in [0, 0.05) is 0 Å². The van der Waals surface area contributed by atoms with E-state index in [9.17, 15) is 11.5 Å². The van der Waals surface area contributed by atoms with Crippen LogP contribution in [0.5, 0.6) is 0 Å². The van der Waals surface area contributed by atoms with E-state index in [1.165, 1.54) is 6.08 Å². The van der Waals surface area contributed by atoms with Crippen LogP contribution in [0.15, 0.2) is 12.7 Å². The van der Waals surface area contributed by atoms with Gasteiger partial charge in [-0.15, -0.1) is 0 Å². The molecule has 0 radical (unpaired) electrons. The molecular weight excluding hydrogens is 155 g/mol. The second-order valence-corrected chi connectivity index (χ2v) is 2.46. The molecule has 0 aliphatic carbocycles. The van der Waals surface area contributed by atoms with Gasteiger partial charge in [-0.25, -0.2) is 0 Å². The molecule has 48 valence electrons. The summed E-state index contributed by atoms with van der Waals surface area (Å²) in [5.41, 5.74) is 0. The third-order valence-electron chi connectivity index (χ3n) is 0.314. The van der Waals surface area contributed by atoms with Gasteiger partial charge in [-0.05, 0) is 0 Å². The van der Waals surface area contributed by atoms with Crippen molar-refractivity contribution in [2.45, 2.75) is 0 Å². The van der Waals surface area contributed by atoms with E-state index in [0.29, 0.717) is 0 Å².